The zero-order chi connectivity index (χ0) is 25.8. The van der Waals surface area contributed by atoms with Gasteiger partial charge < -0.3 is 19.2 Å². The topological polar surface area (TPSA) is 80.0 Å². The molecule has 35 heavy (non-hydrogen) atoms. The molecule has 3 aliphatic rings. The van der Waals surface area contributed by atoms with Crippen LogP contribution < -0.4 is 0 Å². The van der Waals surface area contributed by atoms with Crippen LogP contribution in [0.4, 0.5) is 0 Å². The standard InChI is InChI=1S/C29H43NO5/c1-8-27(4)16-23(35-24(32)15-20-9-10-21(34-20)17-30(6)7)28(5)18(2)11-13-29(19(3)26(27)33)14-12-22(31)25(28)29/h8-10,18-19,23,25-26,33H,1,11-17H2,2-7H3/t18?,19-,23+,25?,26-,27+,28-,29?/m0/s1. The van der Waals surface area contributed by atoms with E-state index in [9.17, 15) is 14.7 Å². The molecule has 4 rings (SSSR count). The highest BCUT2D eigenvalue weighted by Crippen LogP contribution is 2.68. The third-order valence-corrected chi connectivity index (χ3v) is 10.1. The third-order valence-electron chi connectivity index (χ3n) is 10.1. The molecule has 0 saturated heterocycles. The zero-order valence-electron chi connectivity index (χ0n) is 22.3. The molecule has 1 aromatic heterocycles. The fraction of sp³-hybridized carbons (Fsp3) is 0.724. The van der Waals surface area contributed by atoms with Crippen molar-refractivity contribution >= 4 is 11.8 Å². The van der Waals surface area contributed by atoms with Gasteiger partial charge in [-0.2, -0.15) is 0 Å². The Labute approximate surface area is 210 Å². The Morgan fingerprint density at radius 2 is 1.94 bits per heavy atom. The van der Waals surface area contributed by atoms with Crippen LogP contribution in [0, 0.1) is 34.0 Å². The number of ketones is 1. The summed E-state index contributed by atoms with van der Waals surface area (Å²) in [6, 6.07) is 3.72. The Hall–Kier alpha value is -1.92. The minimum absolute atomic E-state index is 0.0383. The minimum Gasteiger partial charge on any atom is -0.464 e. The lowest BCUT2D eigenvalue weighted by Gasteiger charge is -2.61. The number of ether oxygens (including phenoxy) is 1. The summed E-state index contributed by atoms with van der Waals surface area (Å²) in [6.07, 6.45) is 4.37. The first kappa shape index (κ1) is 26.2. The van der Waals surface area contributed by atoms with Gasteiger partial charge in [0.2, 0.25) is 0 Å². The second-order valence-corrected chi connectivity index (χ2v) is 12.3. The number of nitrogens with zero attached hydrogens (tertiary/aromatic N) is 1. The third kappa shape index (κ3) is 4.21. The molecule has 0 aromatic carbocycles. The maximum atomic E-state index is 13.5. The van der Waals surface area contributed by atoms with Gasteiger partial charge in [-0.05, 0) is 69.2 Å². The van der Waals surface area contributed by atoms with E-state index in [0.29, 0.717) is 25.1 Å². The normalized spacial score (nSPS) is 41.3. The van der Waals surface area contributed by atoms with Gasteiger partial charge in [0.15, 0.2) is 0 Å². The molecule has 3 fully saturated rings. The van der Waals surface area contributed by atoms with E-state index in [0.717, 1.165) is 25.0 Å². The monoisotopic (exact) mass is 485 g/mol. The van der Waals surface area contributed by atoms with Crippen molar-refractivity contribution in [2.45, 2.75) is 85.0 Å². The second-order valence-electron chi connectivity index (χ2n) is 12.3. The van der Waals surface area contributed by atoms with Crippen LogP contribution in [0.1, 0.15) is 71.3 Å². The van der Waals surface area contributed by atoms with Crippen molar-refractivity contribution in [3.8, 4) is 0 Å². The molecule has 6 heteroatoms. The van der Waals surface area contributed by atoms with Crippen molar-refractivity contribution in [1.29, 1.82) is 0 Å². The van der Waals surface area contributed by atoms with Crippen LogP contribution >= 0.6 is 0 Å². The first-order chi connectivity index (χ1) is 16.4. The number of aliphatic hydroxyl groups is 1. The lowest BCUT2D eigenvalue weighted by atomic mass is 9.44. The summed E-state index contributed by atoms with van der Waals surface area (Å²) < 4.78 is 12.1. The summed E-state index contributed by atoms with van der Waals surface area (Å²) in [4.78, 5) is 28.7. The number of esters is 1. The SMILES string of the molecule is C=C[C@]1(C)C[C@@H](OC(=O)Cc2ccc(CN(C)C)o2)[C@]2(C)C(C)CCC3(CCC(=O)C32)[C@@H](C)[C@@H]1O. The summed E-state index contributed by atoms with van der Waals surface area (Å²) in [6.45, 7) is 13.2. The molecule has 194 valence electrons. The number of furan rings is 1. The molecule has 0 amide bonds. The van der Waals surface area contributed by atoms with Crippen LogP contribution in [-0.4, -0.2) is 48.1 Å². The molecule has 3 saturated carbocycles. The summed E-state index contributed by atoms with van der Waals surface area (Å²) in [7, 11) is 3.93. The molecule has 1 N–H and O–H groups in total. The number of hydrogen-bond donors (Lipinski definition) is 1. The quantitative estimate of drug-likeness (QED) is 0.461. The summed E-state index contributed by atoms with van der Waals surface area (Å²) in [5.74, 6) is 1.24. The van der Waals surface area contributed by atoms with Gasteiger partial charge in [0.05, 0.1) is 12.6 Å². The number of Topliss-reactive ketones (excluding diaryl/α,β-unsaturated/α-hetero) is 1. The molecule has 3 unspecified atom stereocenters. The average molecular weight is 486 g/mol. The van der Waals surface area contributed by atoms with Crippen LogP contribution in [0.5, 0.6) is 0 Å². The first-order valence-corrected chi connectivity index (χ1v) is 13.1. The van der Waals surface area contributed by atoms with E-state index in [1.807, 2.05) is 44.1 Å². The van der Waals surface area contributed by atoms with E-state index in [2.05, 4.69) is 27.4 Å². The van der Waals surface area contributed by atoms with Gasteiger partial charge >= 0.3 is 5.97 Å². The van der Waals surface area contributed by atoms with E-state index in [4.69, 9.17) is 9.15 Å². The Morgan fingerprint density at radius 1 is 1.26 bits per heavy atom. The number of hydrogen-bond acceptors (Lipinski definition) is 6. The second kappa shape index (κ2) is 9.19. The maximum absolute atomic E-state index is 13.5. The smallest absolute Gasteiger partial charge is 0.313 e. The molecule has 8 atom stereocenters. The van der Waals surface area contributed by atoms with Gasteiger partial charge in [-0.15, -0.1) is 6.58 Å². The number of carbonyl (C=O) groups is 2. The number of rotatable bonds is 6. The minimum atomic E-state index is -0.661. The maximum Gasteiger partial charge on any atom is 0.313 e. The Morgan fingerprint density at radius 3 is 2.60 bits per heavy atom. The molecule has 1 aromatic rings. The van der Waals surface area contributed by atoms with Crippen molar-refractivity contribution in [2.24, 2.45) is 34.0 Å². The Balaban J connectivity index is 1.69. The van der Waals surface area contributed by atoms with Crippen molar-refractivity contribution in [1.82, 2.24) is 4.90 Å². The summed E-state index contributed by atoms with van der Waals surface area (Å²) >= 11 is 0. The number of aliphatic hydroxyl groups excluding tert-OH is 1. The fourth-order valence-corrected chi connectivity index (χ4v) is 7.76. The molecule has 6 nitrogen and oxygen atoms in total. The van der Waals surface area contributed by atoms with Gasteiger partial charge in [-0.3, -0.25) is 9.59 Å². The Kier molecular flexibility index (Phi) is 6.86. The first-order valence-electron chi connectivity index (χ1n) is 13.1. The molecule has 2 bridgehead atoms. The van der Waals surface area contributed by atoms with Crippen LogP contribution in [-0.2, 0) is 27.3 Å². The van der Waals surface area contributed by atoms with E-state index in [1.165, 1.54) is 0 Å². The lowest BCUT2D eigenvalue weighted by molar-refractivity contribution is -0.206. The fourth-order valence-electron chi connectivity index (χ4n) is 7.76. The molecule has 3 aliphatic carbocycles. The van der Waals surface area contributed by atoms with Gasteiger partial charge in [-0.25, -0.2) is 0 Å². The summed E-state index contributed by atoms with van der Waals surface area (Å²) in [5.41, 5.74) is -1.40. The average Bonchev–Trinajstić information content (AvgIpc) is 3.38. The van der Waals surface area contributed by atoms with E-state index in [1.54, 1.807) is 0 Å². The van der Waals surface area contributed by atoms with Crippen molar-refractivity contribution in [3.63, 3.8) is 0 Å². The highest BCUT2D eigenvalue weighted by atomic mass is 16.5. The lowest BCUT2D eigenvalue weighted by Crippen LogP contribution is -2.63. The van der Waals surface area contributed by atoms with E-state index >= 15 is 0 Å². The van der Waals surface area contributed by atoms with Gasteiger partial charge in [-0.1, -0.05) is 33.8 Å². The summed E-state index contributed by atoms with van der Waals surface area (Å²) in [5, 5.41) is 11.6. The van der Waals surface area contributed by atoms with Gasteiger partial charge in [0.25, 0.3) is 0 Å². The zero-order valence-corrected chi connectivity index (χ0v) is 22.3. The number of carbonyl (C=O) groups excluding carboxylic acids is 2. The van der Waals surface area contributed by atoms with Gasteiger partial charge in [0.1, 0.15) is 29.8 Å². The van der Waals surface area contributed by atoms with Crippen LogP contribution in [0.15, 0.2) is 29.2 Å². The predicted molar refractivity (Wildman–Crippen MR) is 134 cm³/mol. The van der Waals surface area contributed by atoms with Crippen LogP contribution in [0.2, 0.25) is 0 Å². The van der Waals surface area contributed by atoms with Crippen LogP contribution in [0.25, 0.3) is 0 Å². The predicted octanol–water partition coefficient (Wildman–Crippen LogP) is 4.79. The molecule has 1 heterocycles. The van der Waals surface area contributed by atoms with Crippen LogP contribution in [0.3, 0.4) is 0 Å². The van der Waals surface area contributed by atoms with Crippen molar-refractivity contribution in [3.05, 3.63) is 36.3 Å². The molecular weight excluding hydrogens is 442 g/mol. The Bertz CT molecular complexity index is 983. The highest BCUT2D eigenvalue weighted by Gasteiger charge is 2.68. The van der Waals surface area contributed by atoms with E-state index in [-0.39, 0.29) is 41.3 Å². The highest BCUT2D eigenvalue weighted by molar-refractivity contribution is 5.85. The molecule has 0 spiro atoms. The van der Waals surface area contributed by atoms with Crippen molar-refractivity contribution < 1.29 is 23.8 Å². The molecular formula is C29H43NO5. The molecule has 0 aliphatic heterocycles. The van der Waals surface area contributed by atoms with E-state index < -0.39 is 23.0 Å². The van der Waals surface area contributed by atoms with Gasteiger partial charge in [0, 0.05) is 23.2 Å². The molecule has 0 radical (unpaired) electrons. The van der Waals surface area contributed by atoms with Crippen molar-refractivity contribution in [2.75, 3.05) is 14.1 Å². The largest absolute Gasteiger partial charge is 0.464 e.